The van der Waals surface area contributed by atoms with Gasteiger partial charge in [-0.1, -0.05) is 67.3 Å². The molecule has 1 heterocycles. The first kappa shape index (κ1) is 12.9. The van der Waals surface area contributed by atoms with E-state index in [9.17, 15) is 0 Å². The van der Waals surface area contributed by atoms with E-state index in [0.29, 0.717) is 0 Å². The molecule has 0 saturated heterocycles. The molecule has 100 valence electrons. The van der Waals surface area contributed by atoms with Gasteiger partial charge in [-0.25, -0.2) is 0 Å². The van der Waals surface area contributed by atoms with Crippen molar-refractivity contribution in [1.29, 1.82) is 0 Å². The lowest BCUT2D eigenvalue weighted by atomic mass is 9.95. The number of hydrogen-bond donors (Lipinski definition) is 0. The zero-order valence-corrected chi connectivity index (χ0v) is 11.5. The van der Waals surface area contributed by atoms with Crippen molar-refractivity contribution in [3.63, 3.8) is 0 Å². The molecule has 0 amide bonds. The fourth-order valence-electron chi connectivity index (χ4n) is 2.48. The molecule has 0 radical (unpaired) electrons. The lowest BCUT2D eigenvalue weighted by Gasteiger charge is -2.14. The van der Waals surface area contributed by atoms with Crippen LogP contribution in [0.4, 0.5) is 0 Å². The monoisotopic (exact) mass is 262 g/mol. The fourth-order valence-corrected chi connectivity index (χ4v) is 2.48. The maximum atomic E-state index is 5.35. The van der Waals surface area contributed by atoms with Crippen LogP contribution in [0.3, 0.4) is 0 Å². The van der Waals surface area contributed by atoms with E-state index < -0.39 is 0 Å². The van der Waals surface area contributed by atoms with Crippen LogP contribution in [0.25, 0.3) is 11.1 Å². The average molecular weight is 262 g/mol. The number of rotatable bonds is 3. The number of benzene rings is 2. The summed E-state index contributed by atoms with van der Waals surface area (Å²) in [6.45, 7) is 5.76. The van der Waals surface area contributed by atoms with Gasteiger partial charge in [-0.05, 0) is 34.3 Å². The minimum Gasteiger partial charge on any atom is -0.377 e. The van der Waals surface area contributed by atoms with Gasteiger partial charge < -0.3 is 4.74 Å². The number of hydrogen-bond acceptors (Lipinski definition) is 1. The summed E-state index contributed by atoms with van der Waals surface area (Å²) >= 11 is 0. The molecular weight excluding hydrogens is 244 g/mol. The van der Waals surface area contributed by atoms with Crippen LogP contribution in [-0.4, -0.2) is 13.2 Å². The Kier molecular flexibility index (Phi) is 3.80. The van der Waals surface area contributed by atoms with Gasteiger partial charge in [-0.15, -0.1) is 0 Å². The Morgan fingerprint density at radius 1 is 0.900 bits per heavy atom. The summed E-state index contributed by atoms with van der Waals surface area (Å²) in [7, 11) is 0. The second kappa shape index (κ2) is 5.89. The maximum Gasteiger partial charge on any atom is 0.0653 e. The molecule has 0 saturated carbocycles. The highest BCUT2D eigenvalue weighted by molar-refractivity contribution is 5.79. The van der Waals surface area contributed by atoms with Crippen LogP contribution in [0, 0.1) is 0 Å². The zero-order chi connectivity index (χ0) is 13.8. The molecule has 2 aromatic rings. The molecule has 0 aromatic heterocycles. The van der Waals surface area contributed by atoms with Gasteiger partial charge in [0, 0.05) is 0 Å². The first-order chi connectivity index (χ1) is 9.84. The molecule has 0 aliphatic carbocycles. The van der Waals surface area contributed by atoms with E-state index >= 15 is 0 Å². The van der Waals surface area contributed by atoms with Gasteiger partial charge in [0.2, 0.25) is 0 Å². The van der Waals surface area contributed by atoms with Crippen LogP contribution >= 0.6 is 0 Å². The van der Waals surface area contributed by atoms with Crippen LogP contribution in [0.1, 0.15) is 23.1 Å². The highest BCUT2D eigenvalue weighted by Gasteiger charge is 2.07. The van der Waals surface area contributed by atoms with Gasteiger partial charge in [0.15, 0.2) is 0 Å². The van der Waals surface area contributed by atoms with E-state index in [1.54, 1.807) is 0 Å². The van der Waals surface area contributed by atoms with Gasteiger partial charge in [-0.2, -0.15) is 0 Å². The second-order valence-electron chi connectivity index (χ2n) is 4.98. The molecule has 0 unspecified atom stereocenters. The summed E-state index contributed by atoms with van der Waals surface area (Å²) in [5.74, 6) is 0. The lowest BCUT2D eigenvalue weighted by molar-refractivity contribution is 0.161. The summed E-state index contributed by atoms with van der Waals surface area (Å²) in [6.07, 6.45) is 3.17. The molecule has 0 fully saturated rings. The molecule has 1 aliphatic heterocycles. The standard InChI is InChI=1S/C19H18O/c1-15(16-5-3-2-4-6-16)17-7-9-18(10-8-17)19-11-13-20-14-12-19/h2-11H,1,12-14H2. The minimum atomic E-state index is 0.730. The highest BCUT2D eigenvalue weighted by atomic mass is 16.5. The average Bonchev–Trinajstić information content (AvgIpc) is 2.56. The summed E-state index contributed by atoms with van der Waals surface area (Å²) < 4.78 is 5.35. The quantitative estimate of drug-likeness (QED) is 0.788. The Morgan fingerprint density at radius 3 is 2.25 bits per heavy atom. The van der Waals surface area contributed by atoms with E-state index in [-0.39, 0.29) is 0 Å². The smallest absolute Gasteiger partial charge is 0.0653 e. The van der Waals surface area contributed by atoms with Crippen molar-refractivity contribution in [2.24, 2.45) is 0 Å². The first-order valence-electron chi connectivity index (χ1n) is 6.96. The predicted octanol–water partition coefficient (Wildman–Crippen LogP) is 4.55. The van der Waals surface area contributed by atoms with Crippen molar-refractivity contribution in [3.8, 4) is 0 Å². The van der Waals surface area contributed by atoms with Gasteiger partial charge in [0.1, 0.15) is 0 Å². The SMILES string of the molecule is C=C(c1ccccc1)c1ccc(C2=CCOCC2)cc1. The lowest BCUT2D eigenvalue weighted by Crippen LogP contribution is -2.03. The topological polar surface area (TPSA) is 9.23 Å². The van der Waals surface area contributed by atoms with E-state index in [4.69, 9.17) is 4.74 Å². The van der Waals surface area contributed by atoms with Crippen LogP contribution in [0.2, 0.25) is 0 Å². The molecule has 1 heteroatoms. The second-order valence-corrected chi connectivity index (χ2v) is 4.98. The third kappa shape index (κ3) is 2.73. The summed E-state index contributed by atoms with van der Waals surface area (Å²) in [6, 6.07) is 19.0. The molecule has 3 rings (SSSR count). The Hall–Kier alpha value is -2.12. The normalized spacial score (nSPS) is 14.7. The third-order valence-electron chi connectivity index (χ3n) is 3.69. The molecule has 0 spiro atoms. The molecule has 20 heavy (non-hydrogen) atoms. The van der Waals surface area contributed by atoms with Crippen LogP contribution in [0.15, 0.2) is 67.3 Å². The Labute approximate surface area is 120 Å². The fraction of sp³-hybridized carbons (Fsp3) is 0.158. The molecule has 0 atom stereocenters. The minimum absolute atomic E-state index is 0.730. The van der Waals surface area contributed by atoms with Gasteiger partial charge >= 0.3 is 0 Å². The molecule has 0 bridgehead atoms. The summed E-state index contributed by atoms with van der Waals surface area (Å²) in [5, 5.41) is 0. The van der Waals surface area contributed by atoms with E-state index in [0.717, 1.165) is 25.2 Å². The largest absolute Gasteiger partial charge is 0.377 e. The van der Waals surface area contributed by atoms with Crippen LogP contribution < -0.4 is 0 Å². The van der Waals surface area contributed by atoms with Gasteiger partial charge in [0.05, 0.1) is 13.2 Å². The van der Waals surface area contributed by atoms with E-state index in [2.05, 4.69) is 49.1 Å². The Bertz CT molecular complexity index is 621. The molecule has 2 aromatic carbocycles. The van der Waals surface area contributed by atoms with Crippen LogP contribution in [0.5, 0.6) is 0 Å². The van der Waals surface area contributed by atoms with Crippen molar-refractivity contribution in [1.82, 2.24) is 0 Å². The maximum absolute atomic E-state index is 5.35. The zero-order valence-electron chi connectivity index (χ0n) is 11.5. The van der Waals surface area contributed by atoms with Crippen molar-refractivity contribution in [2.75, 3.05) is 13.2 Å². The van der Waals surface area contributed by atoms with Gasteiger partial charge in [-0.3, -0.25) is 0 Å². The van der Waals surface area contributed by atoms with E-state index in [1.807, 2.05) is 18.2 Å². The predicted molar refractivity (Wildman–Crippen MR) is 84.4 cm³/mol. The summed E-state index contributed by atoms with van der Waals surface area (Å²) in [5.41, 5.74) is 6.09. The molecule has 1 aliphatic rings. The summed E-state index contributed by atoms with van der Waals surface area (Å²) in [4.78, 5) is 0. The van der Waals surface area contributed by atoms with Crippen LogP contribution in [-0.2, 0) is 4.74 Å². The van der Waals surface area contributed by atoms with Crippen molar-refractivity contribution in [3.05, 3.63) is 83.9 Å². The van der Waals surface area contributed by atoms with Crippen molar-refractivity contribution >= 4 is 11.1 Å². The number of ether oxygens (including phenoxy) is 1. The van der Waals surface area contributed by atoms with E-state index in [1.165, 1.54) is 22.3 Å². The third-order valence-corrected chi connectivity index (χ3v) is 3.69. The highest BCUT2D eigenvalue weighted by Crippen LogP contribution is 2.25. The van der Waals surface area contributed by atoms with Crippen molar-refractivity contribution < 1.29 is 4.74 Å². The molecule has 0 N–H and O–H groups in total. The first-order valence-corrected chi connectivity index (χ1v) is 6.96. The van der Waals surface area contributed by atoms with Gasteiger partial charge in [0.25, 0.3) is 0 Å². The molecular formula is C19H18O. The van der Waals surface area contributed by atoms with Crippen molar-refractivity contribution in [2.45, 2.75) is 6.42 Å². The Balaban J connectivity index is 1.83. The Morgan fingerprint density at radius 2 is 1.60 bits per heavy atom. The molecule has 1 nitrogen and oxygen atoms in total.